The lowest BCUT2D eigenvalue weighted by Crippen LogP contribution is -2.45. The number of urea groups is 1. The number of nitrogens with zero attached hydrogens (tertiary/aromatic N) is 1. The first-order chi connectivity index (χ1) is 12.5. The molecule has 3 amide bonds. The van der Waals surface area contributed by atoms with E-state index in [0.29, 0.717) is 18.7 Å². The van der Waals surface area contributed by atoms with Gasteiger partial charge >= 0.3 is 12.0 Å². The second-order valence-electron chi connectivity index (χ2n) is 8.11. The molecule has 8 heteroatoms. The number of benzene rings is 1. The summed E-state index contributed by atoms with van der Waals surface area (Å²) < 4.78 is 0. The van der Waals surface area contributed by atoms with Crippen molar-refractivity contribution < 1.29 is 19.5 Å². The van der Waals surface area contributed by atoms with Crippen LogP contribution in [0.15, 0.2) is 18.2 Å². The Morgan fingerprint density at radius 2 is 1.89 bits per heavy atom. The Labute approximate surface area is 164 Å². The third kappa shape index (κ3) is 5.85. The molecule has 3 N–H and O–H groups in total. The number of halogens is 1. The molecule has 0 aliphatic carbocycles. The molecule has 1 saturated heterocycles. The van der Waals surface area contributed by atoms with Crippen LogP contribution in [0, 0.1) is 11.8 Å². The van der Waals surface area contributed by atoms with Crippen molar-refractivity contribution in [2.24, 2.45) is 11.8 Å². The van der Waals surface area contributed by atoms with Crippen LogP contribution in [-0.2, 0) is 4.79 Å². The summed E-state index contributed by atoms with van der Waals surface area (Å²) in [6.07, 6.45) is 0.543. The number of carboxylic acid groups (broad SMARTS) is 1. The van der Waals surface area contributed by atoms with E-state index in [0.717, 1.165) is 0 Å². The second-order valence-corrected chi connectivity index (χ2v) is 8.52. The van der Waals surface area contributed by atoms with Gasteiger partial charge in [0.25, 0.3) is 5.91 Å². The van der Waals surface area contributed by atoms with Crippen molar-refractivity contribution >= 4 is 35.2 Å². The minimum Gasteiger partial charge on any atom is -0.481 e. The Hall–Kier alpha value is -2.28. The minimum absolute atomic E-state index is 0.0847. The summed E-state index contributed by atoms with van der Waals surface area (Å²) in [6.45, 7) is 8.13. The van der Waals surface area contributed by atoms with Crippen molar-refractivity contribution in [1.29, 1.82) is 0 Å². The molecule has 0 spiro atoms. The molecule has 1 aromatic rings. The third-order valence-electron chi connectivity index (χ3n) is 4.24. The van der Waals surface area contributed by atoms with Crippen molar-refractivity contribution in [2.75, 3.05) is 18.4 Å². The van der Waals surface area contributed by atoms with Gasteiger partial charge in [0.2, 0.25) is 0 Å². The highest BCUT2D eigenvalue weighted by Crippen LogP contribution is 2.27. The summed E-state index contributed by atoms with van der Waals surface area (Å²) in [7, 11) is 0. The number of piperidine rings is 1. The van der Waals surface area contributed by atoms with Crippen LogP contribution in [0.2, 0.25) is 5.02 Å². The van der Waals surface area contributed by atoms with E-state index in [1.807, 2.05) is 27.7 Å². The van der Waals surface area contributed by atoms with Gasteiger partial charge in [-0.1, -0.05) is 18.5 Å². The topological polar surface area (TPSA) is 98.7 Å². The number of hydrogen-bond acceptors (Lipinski definition) is 3. The van der Waals surface area contributed by atoms with Crippen molar-refractivity contribution in [3.05, 3.63) is 28.8 Å². The maximum atomic E-state index is 12.9. The van der Waals surface area contributed by atoms with Gasteiger partial charge in [-0.3, -0.25) is 9.59 Å². The first kappa shape index (κ1) is 21.0. The van der Waals surface area contributed by atoms with Crippen molar-refractivity contribution in [2.45, 2.75) is 39.7 Å². The van der Waals surface area contributed by atoms with Crippen LogP contribution < -0.4 is 10.6 Å². The number of carbonyl (C=O) groups excluding carboxylic acids is 2. The summed E-state index contributed by atoms with van der Waals surface area (Å²) >= 11 is 6.20. The zero-order valence-electron chi connectivity index (χ0n) is 16.0. The number of carbonyl (C=O) groups is 3. The lowest BCUT2D eigenvalue weighted by Gasteiger charge is -2.35. The van der Waals surface area contributed by atoms with Gasteiger partial charge in [0.1, 0.15) is 0 Å². The highest BCUT2D eigenvalue weighted by atomic mass is 35.5. The van der Waals surface area contributed by atoms with E-state index in [1.54, 1.807) is 12.1 Å². The number of amides is 3. The Kier molecular flexibility index (Phi) is 6.36. The van der Waals surface area contributed by atoms with Crippen LogP contribution >= 0.6 is 11.6 Å². The number of likely N-dealkylation sites (tertiary alicyclic amines) is 1. The lowest BCUT2D eigenvalue weighted by molar-refractivity contribution is -0.143. The highest BCUT2D eigenvalue weighted by Gasteiger charge is 2.33. The molecule has 1 aliphatic rings. The monoisotopic (exact) mass is 395 g/mol. The Morgan fingerprint density at radius 3 is 2.48 bits per heavy atom. The van der Waals surface area contributed by atoms with Crippen molar-refractivity contribution in [1.82, 2.24) is 10.2 Å². The molecule has 2 atom stereocenters. The first-order valence-corrected chi connectivity index (χ1v) is 9.25. The molecule has 1 heterocycles. The van der Waals surface area contributed by atoms with E-state index in [-0.39, 0.29) is 35.0 Å². The van der Waals surface area contributed by atoms with Crippen LogP contribution in [-0.4, -0.2) is 46.5 Å². The predicted molar refractivity (Wildman–Crippen MR) is 104 cm³/mol. The fourth-order valence-electron chi connectivity index (χ4n) is 3.14. The standard InChI is InChI=1S/C19H26ClN3O4/c1-11-7-12(17(25)26)10-23(9-11)16(24)14-8-13(5-6-15(14)20)21-18(27)22-19(2,3)4/h5-6,8,11-12H,7,9-10H2,1-4H3,(H,25,26)(H2,21,22,27). The summed E-state index contributed by atoms with van der Waals surface area (Å²) in [5.41, 5.74) is 0.276. The molecule has 0 aromatic heterocycles. The summed E-state index contributed by atoms with van der Waals surface area (Å²) in [6, 6.07) is 4.28. The molecule has 148 valence electrons. The Bertz CT molecular complexity index is 745. The van der Waals surface area contributed by atoms with E-state index in [1.165, 1.54) is 11.0 Å². The predicted octanol–water partition coefficient (Wildman–Crippen LogP) is 3.44. The molecule has 1 aromatic carbocycles. The van der Waals surface area contributed by atoms with Crippen LogP contribution in [0.1, 0.15) is 44.5 Å². The quantitative estimate of drug-likeness (QED) is 0.729. The van der Waals surface area contributed by atoms with Crippen LogP contribution in [0.5, 0.6) is 0 Å². The second kappa shape index (κ2) is 8.17. The van der Waals surface area contributed by atoms with Gasteiger partial charge < -0.3 is 20.6 Å². The molecule has 0 bridgehead atoms. The molecular weight excluding hydrogens is 370 g/mol. The summed E-state index contributed by atoms with van der Waals surface area (Å²) in [5.74, 6) is -1.74. The molecule has 27 heavy (non-hydrogen) atoms. The molecule has 0 radical (unpaired) electrons. The molecule has 2 rings (SSSR count). The number of anilines is 1. The Morgan fingerprint density at radius 1 is 1.22 bits per heavy atom. The van der Waals surface area contributed by atoms with Gasteiger partial charge in [0.15, 0.2) is 0 Å². The van der Waals surface area contributed by atoms with Crippen LogP contribution in [0.3, 0.4) is 0 Å². The van der Waals surface area contributed by atoms with Gasteiger partial charge in [-0.05, 0) is 51.3 Å². The molecule has 1 fully saturated rings. The van der Waals surface area contributed by atoms with Crippen LogP contribution in [0.4, 0.5) is 10.5 Å². The summed E-state index contributed by atoms with van der Waals surface area (Å²) in [5, 5.41) is 15.0. The first-order valence-electron chi connectivity index (χ1n) is 8.87. The molecular formula is C19H26ClN3O4. The van der Waals surface area contributed by atoms with Gasteiger partial charge in [0.05, 0.1) is 16.5 Å². The number of nitrogens with one attached hydrogen (secondary N) is 2. The third-order valence-corrected chi connectivity index (χ3v) is 4.57. The average molecular weight is 396 g/mol. The zero-order chi connectivity index (χ0) is 20.4. The minimum atomic E-state index is -0.903. The van der Waals surface area contributed by atoms with Crippen LogP contribution in [0.25, 0.3) is 0 Å². The average Bonchev–Trinajstić information content (AvgIpc) is 2.53. The number of carboxylic acids is 1. The molecule has 0 saturated carbocycles. The lowest BCUT2D eigenvalue weighted by atomic mass is 9.90. The maximum absolute atomic E-state index is 12.9. The van der Waals surface area contributed by atoms with E-state index in [2.05, 4.69) is 10.6 Å². The van der Waals surface area contributed by atoms with E-state index in [4.69, 9.17) is 11.6 Å². The fraction of sp³-hybridized carbons (Fsp3) is 0.526. The van der Waals surface area contributed by atoms with E-state index < -0.39 is 17.4 Å². The number of rotatable bonds is 3. The Balaban J connectivity index is 2.18. The molecule has 7 nitrogen and oxygen atoms in total. The number of aliphatic carboxylic acids is 1. The SMILES string of the molecule is CC1CC(C(=O)O)CN(C(=O)c2cc(NC(=O)NC(C)(C)C)ccc2Cl)C1. The molecule has 1 aliphatic heterocycles. The maximum Gasteiger partial charge on any atom is 0.319 e. The van der Waals surface area contributed by atoms with E-state index >= 15 is 0 Å². The zero-order valence-corrected chi connectivity index (χ0v) is 16.8. The van der Waals surface area contributed by atoms with Gasteiger partial charge in [0, 0.05) is 24.3 Å². The highest BCUT2D eigenvalue weighted by molar-refractivity contribution is 6.34. The van der Waals surface area contributed by atoms with Gasteiger partial charge in [-0.25, -0.2) is 4.79 Å². The normalized spacial score (nSPS) is 20.1. The molecule has 2 unspecified atom stereocenters. The smallest absolute Gasteiger partial charge is 0.319 e. The van der Waals surface area contributed by atoms with Crippen molar-refractivity contribution in [3.63, 3.8) is 0 Å². The summed E-state index contributed by atoms with van der Waals surface area (Å²) in [4.78, 5) is 37.8. The van der Waals surface area contributed by atoms with Crippen molar-refractivity contribution in [3.8, 4) is 0 Å². The largest absolute Gasteiger partial charge is 0.481 e. The van der Waals surface area contributed by atoms with Gasteiger partial charge in [-0.15, -0.1) is 0 Å². The van der Waals surface area contributed by atoms with Gasteiger partial charge in [-0.2, -0.15) is 0 Å². The van der Waals surface area contributed by atoms with E-state index in [9.17, 15) is 19.5 Å². The number of hydrogen-bond donors (Lipinski definition) is 3. The fourth-order valence-corrected chi connectivity index (χ4v) is 3.33.